The van der Waals surface area contributed by atoms with E-state index in [0.29, 0.717) is 5.03 Å². The number of aryl methyl sites for hydroxylation is 2. The van der Waals surface area contributed by atoms with Crippen LogP contribution < -0.4 is 5.73 Å². The number of hydrogen-bond donors (Lipinski definition) is 1. The molecular weight excluding hydrogens is 239 g/mol. The van der Waals surface area contributed by atoms with Gasteiger partial charge < -0.3 is 5.73 Å². The average Bonchev–Trinajstić information content (AvgIpc) is 2.22. The summed E-state index contributed by atoms with van der Waals surface area (Å²) in [6.07, 6.45) is 1.06. The van der Waals surface area contributed by atoms with E-state index >= 15 is 0 Å². The summed E-state index contributed by atoms with van der Waals surface area (Å²) in [6, 6.07) is 3.82. The summed E-state index contributed by atoms with van der Waals surface area (Å²) in [4.78, 5) is 11.7. The lowest BCUT2D eigenvalue weighted by molar-refractivity contribution is 0.580. The molecule has 0 fully saturated rings. The molecule has 2 N–H and O–H groups in total. The second-order valence-electron chi connectivity index (χ2n) is 3.61. The molecule has 0 aliphatic heterocycles. The van der Waals surface area contributed by atoms with Crippen LogP contribution in [-0.4, -0.2) is 15.0 Å². The highest BCUT2D eigenvalue weighted by Gasteiger charge is 2.09. The van der Waals surface area contributed by atoms with Crippen LogP contribution in [0.2, 0.25) is 0 Å². The van der Waals surface area contributed by atoms with Crippen LogP contribution in [0.4, 0.5) is 10.3 Å². The molecule has 0 aromatic carbocycles. The van der Waals surface area contributed by atoms with Crippen LogP contribution >= 0.6 is 11.8 Å². The fraction of sp³-hybridized carbons (Fsp3) is 0.182. The molecule has 6 heteroatoms. The van der Waals surface area contributed by atoms with Crippen LogP contribution in [0.15, 0.2) is 28.4 Å². The van der Waals surface area contributed by atoms with E-state index in [-0.39, 0.29) is 11.0 Å². The first kappa shape index (κ1) is 11.8. The Hall–Kier alpha value is -1.69. The van der Waals surface area contributed by atoms with Crippen molar-refractivity contribution in [3.8, 4) is 0 Å². The van der Waals surface area contributed by atoms with E-state index in [1.54, 1.807) is 0 Å². The van der Waals surface area contributed by atoms with E-state index in [1.165, 1.54) is 0 Å². The van der Waals surface area contributed by atoms with E-state index in [1.807, 2.05) is 26.0 Å². The molecule has 88 valence electrons. The monoisotopic (exact) mass is 250 g/mol. The molecule has 0 saturated heterocycles. The predicted octanol–water partition coefficient (Wildman–Crippen LogP) is 2.36. The zero-order valence-electron chi connectivity index (χ0n) is 9.44. The lowest BCUT2D eigenvalue weighted by Crippen LogP contribution is -1.98. The Bertz CT molecular complexity index is 539. The molecular formula is C11H11FN4S. The summed E-state index contributed by atoms with van der Waals surface area (Å²) in [6.45, 7) is 3.85. The van der Waals surface area contributed by atoms with Gasteiger partial charge in [-0.25, -0.2) is 19.3 Å². The van der Waals surface area contributed by atoms with Crippen molar-refractivity contribution in [3.05, 3.63) is 35.4 Å². The van der Waals surface area contributed by atoms with E-state index in [9.17, 15) is 4.39 Å². The van der Waals surface area contributed by atoms with Crippen LogP contribution in [0.3, 0.4) is 0 Å². The normalized spacial score (nSPS) is 10.5. The van der Waals surface area contributed by atoms with Gasteiger partial charge in [0.2, 0.25) is 5.95 Å². The van der Waals surface area contributed by atoms with Crippen LogP contribution in [0, 0.1) is 19.7 Å². The third-order valence-electron chi connectivity index (χ3n) is 2.01. The van der Waals surface area contributed by atoms with Gasteiger partial charge in [-0.3, -0.25) is 0 Å². The second kappa shape index (κ2) is 4.67. The van der Waals surface area contributed by atoms with Crippen molar-refractivity contribution in [1.29, 1.82) is 0 Å². The molecule has 2 aromatic rings. The van der Waals surface area contributed by atoms with Gasteiger partial charge in [0, 0.05) is 5.69 Å². The van der Waals surface area contributed by atoms with Crippen molar-refractivity contribution in [3.63, 3.8) is 0 Å². The highest BCUT2D eigenvalue weighted by atomic mass is 32.2. The van der Waals surface area contributed by atoms with Crippen molar-refractivity contribution >= 4 is 17.7 Å². The van der Waals surface area contributed by atoms with Crippen molar-refractivity contribution in [2.75, 3.05) is 5.73 Å². The van der Waals surface area contributed by atoms with E-state index in [2.05, 4.69) is 15.0 Å². The van der Waals surface area contributed by atoms with Crippen molar-refractivity contribution in [1.82, 2.24) is 15.0 Å². The Balaban J connectivity index is 2.34. The molecule has 4 nitrogen and oxygen atoms in total. The standard InChI is InChI=1S/C11H11FN4S/c1-6-3-7(2)15-9(4-6)17-10-8(12)5-14-11(13)16-10/h3-5H,1-2H3,(H2,13,14,16). The van der Waals surface area contributed by atoms with Gasteiger partial charge in [0.1, 0.15) is 10.1 Å². The maximum atomic E-state index is 13.4. The Morgan fingerprint density at radius 3 is 2.71 bits per heavy atom. The summed E-state index contributed by atoms with van der Waals surface area (Å²) >= 11 is 1.14. The molecule has 0 bridgehead atoms. The molecule has 0 atom stereocenters. The van der Waals surface area contributed by atoms with Gasteiger partial charge >= 0.3 is 0 Å². The fourth-order valence-corrected chi connectivity index (χ4v) is 2.31. The third kappa shape index (κ3) is 2.91. The molecule has 0 spiro atoms. The van der Waals surface area contributed by atoms with Gasteiger partial charge in [-0.2, -0.15) is 0 Å². The Morgan fingerprint density at radius 2 is 2.00 bits per heavy atom. The van der Waals surface area contributed by atoms with Gasteiger partial charge in [-0.1, -0.05) is 0 Å². The lowest BCUT2D eigenvalue weighted by Gasteiger charge is -2.04. The van der Waals surface area contributed by atoms with Gasteiger partial charge in [0.15, 0.2) is 5.82 Å². The summed E-state index contributed by atoms with van der Waals surface area (Å²) in [5.74, 6) is -0.441. The fourth-order valence-electron chi connectivity index (χ4n) is 1.39. The largest absolute Gasteiger partial charge is 0.368 e. The van der Waals surface area contributed by atoms with Crippen LogP contribution in [-0.2, 0) is 0 Å². The Morgan fingerprint density at radius 1 is 1.24 bits per heavy atom. The first-order valence-electron chi connectivity index (χ1n) is 4.96. The topological polar surface area (TPSA) is 64.7 Å². The van der Waals surface area contributed by atoms with Gasteiger partial charge in [0.25, 0.3) is 0 Å². The number of pyridine rings is 1. The number of hydrogen-bond acceptors (Lipinski definition) is 5. The molecule has 2 aromatic heterocycles. The summed E-state index contributed by atoms with van der Waals surface area (Å²) in [7, 11) is 0. The first-order valence-corrected chi connectivity index (χ1v) is 5.77. The number of anilines is 1. The molecule has 0 aliphatic carbocycles. The average molecular weight is 250 g/mol. The number of rotatable bonds is 2. The predicted molar refractivity (Wildman–Crippen MR) is 64.2 cm³/mol. The molecule has 0 saturated carbocycles. The van der Waals surface area contributed by atoms with E-state index in [0.717, 1.165) is 29.2 Å². The van der Waals surface area contributed by atoms with Crippen LogP contribution in [0.1, 0.15) is 11.3 Å². The molecule has 0 radical (unpaired) electrons. The summed E-state index contributed by atoms with van der Waals surface area (Å²) < 4.78 is 13.4. The number of nitrogens with two attached hydrogens (primary N) is 1. The number of nitrogen functional groups attached to an aromatic ring is 1. The maximum Gasteiger partial charge on any atom is 0.221 e. The van der Waals surface area contributed by atoms with Crippen molar-refractivity contribution in [2.24, 2.45) is 0 Å². The zero-order chi connectivity index (χ0) is 12.4. The quantitative estimate of drug-likeness (QED) is 0.829. The highest BCUT2D eigenvalue weighted by molar-refractivity contribution is 7.99. The second-order valence-corrected chi connectivity index (χ2v) is 4.62. The Kier molecular flexibility index (Phi) is 3.23. The minimum atomic E-state index is -0.495. The highest BCUT2D eigenvalue weighted by Crippen LogP contribution is 2.27. The Labute approximate surface area is 103 Å². The van der Waals surface area contributed by atoms with Gasteiger partial charge in [0.05, 0.1) is 6.20 Å². The third-order valence-corrected chi connectivity index (χ3v) is 2.90. The number of aromatic nitrogens is 3. The molecule has 17 heavy (non-hydrogen) atoms. The SMILES string of the molecule is Cc1cc(C)nc(Sc2nc(N)ncc2F)c1. The number of nitrogens with zero attached hydrogens (tertiary/aromatic N) is 3. The summed E-state index contributed by atoms with van der Waals surface area (Å²) in [5, 5.41) is 0.884. The molecule has 0 aliphatic rings. The number of halogens is 1. The van der Waals surface area contributed by atoms with E-state index in [4.69, 9.17) is 5.73 Å². The molecule has 2 rings (SSSR count). The van der Waals surface area contributed by atoms with Gasteiger partial charge in [-0.05, 0) is 43.3 Å². The van der Waals surface area contributed by atoms with Crippen LogP contribution in [0.25, 0.3) is 0 Å². The van der Waals surface area contributed by atoms with Crippen molar-refractivity contribution in [2.45, 2.75) is 23.9 Å². The maximum absolute atomic E-state index is 13.4. The molecule has 0 amide bonds. The summed E-state index contributed by atoms with van der Waals surface area (Å²) in [5.41, 5.74) is 7.37. The minimum Gasteiger partial charge on any atom is -0.368 e. The zero-order valence-corrected chi connectivity index (χ0v) is 10.3. The minimum absolute atomic E-state index is 0.0540. The molecule has 2 heterocycles. The smallest absolute Gasteiger partial charge is 0.221 e. The van der Waals surface area contributed by atoms with Gasteiger partial charge in [-0.15, -0.1) is 0 Å². The van der Waals surface area contributed by atoms with Crippen molar-refractivity contribution < 1.29 is 4.39 Å². The van der Waals surface area contributed by atoms with Crippen LogP contribution in [0.5, 0.6) is 0 Å². The van der Waals surface area contributed by atoms with E-state index < -0.39 is 5.82 Å². The molecule has 0 unspecified atom stereocenters. The lowest BCUT2D eigenvalue weighted by atomic mass is 10.3. The first-order chi connectivity index (χ1) is 8.04.